The van der Waals surface area contributed by atoms with E-state index in [4.69, 9.17) is 9.73 Å². The van der Waals surface area contributed by atoms with Gasteiger partial charge in [0.05, 0.1) is 35.0 Å². The molecule has 43 heavy (non-hydrogen) atoms. The molecule has 9 heteroatoms. The van der Waals surface area contributed by atoms with Gasteiger partial charge >= 0.3 is 5.97 Å². The Kier molecular flexibility index (Phi) is 7.58. The van der Waals surface area contributed by atoms with Crippen molar-refractivity contribution in [3.05, 3.63) is 132 Å². The van der Waals surface area contributed by atoms with E-state index in [0.717, 1.165) is 27.7 Å². The number of halogens is 1. The minimum absolute atomic E-state index is 0.212. The molecule has 5 aromatic rings. The number of aromatic nitrogens is 2. The van der Waals surface area contributed by atoms with E-state index in [1.165, 1.54) is 17.4 Å². The first kappa shape index (κ1) is 28.4. The third-order valence-corrected chi connectivity index (χ3v) is 8.63. The van der Waals surface area contributed by atoms with Crippen molar-refractivity contribution in [1.82, 2.24) is 9.13 Å². The molecule has 7 nitrogen and oxygen atoms in total. The number of fused-ring (bicyclic) bond motifs is 2. The zero-order valence-corrected chi connectivity index (χ0v) is 25.2. The van der Waals surface area contributed by atoms with Gasteiger partial charge in [0.1, 0.15) is 5.82 Å². The molecule has 6 rings (SSSR count). The quantitative estimate of drug-likeness (QED) is 0.249. The fourth-order valence-electron chi connectivity index (χ4n) is 5.53. The van der Waals surface area contributed by atoms with Crippen molar-refractivity contribution in [1.29, 1.82) is 0 Å². The first-order valence-corrected chi connectivity index (χ1v) is 14.9. The Labute approximate surface area is 252 Å². The van der Waals surface area contributed by atoms with Crippen molar-refractivity contribution in [3.8, 4) is 0 Å². The summed E-state index contributed by atoms with van der Waals surface area (Å²) in [5.74, 6) is -0.752. The number of ether oxygens (including phenoxy) is 1. The highest BCUT2D eigenvalue weighted by Gasteiger charge is 2.33. The van der Waals surface area contributed by atoms with E-state index in [0.29, 0.717) is 32.7 Å². The summed E-state index contributed by atoms with van der Waals surface area (Å²) in [5, 5.41) is 0.948. The van der Waals surface area contributed by atoms with Crippen LogP contribution in [0, 0.1) is 5.82 Å². The molecule has 0 saturated carbocycles. The van der Waals surface area contributed by atoms with Crippen LogP contribution in [-0.2, 0) is 16.1 Å². The number of carbonyl (C=O) groups is 1. The second kappa shape index (κ2) is 11.5. The van der Waals surface area contributed by atoms with E-state index >= 15 is 0 Å². The van der Waals surface area contributed by atoms with Crippen LogP contribution in [0.3, 0.4) is 0 Å². The Hall–Kier alpha value is -4.76. The van der Waals surface area contributed by atoms with Crippen molar-refractivity contribution in [2.45, 2.75) is 26.4 Å². The second-order valence-corrected chi connectivity index (χ2v) is 11.6. The lowest BCUT2D eigenvalue weighted by Gasteiger charge is -2.25. The Morgan fingerprint density at radius 3 is 2.51 bits per heavy atom. The summed E-state index contributed by atoms with van der Waals surface area (Å²) in [4.78, 5) is 34.5. The number of anilines is 1. The highest BCUT2D eigenvalue weighted by Crippen LogP contribution is 2.32. The van der Waals surface area contributed by atoms with Crippen LogP contribution in [0.1, 0.15) is 36.6 Å². The number of hydrogen-bond acceptors (Lipinski definition) is 6. The molecule has 0 saturated heterocycles. The van der Waals surface area contributed by atoms with Crippen LogP contribution in [-0.4, -0.2) is 35.8 Å². The van der Waals surface area contributed by atoms with Crippen molar-refractivity contribution in [2.75, 3.05) is 25.6 Å². The molecule has 3 heterocycles. The van der Waals surface area contributed by atoms with Gasteiger partial charge in [-0.25, -0.2) is 14.2 Å². The van der Waals surface area contributed by atoms with Gasteiger partial charge in [0.2, 0.25) is 0 Å². The van der Waals surface area contributed by atoms with Gasteiger partial charge in [-0.15, -0.1) is 0 Å². The molecule has 0 spiro atoms. The number of hydrogen-bond donors (Lipinski definition) is 0. The molecule has 0 amide bonds. The molecular formula is C34H31FN4O3S. The van der Waals surface area contributed by atoms with E-state index in [9.17, 15) is 14.0 Å². The molecule has 0 aliphatic carbocycles. The standard InChI is InChI=1S/C34H31FN4O3S/c1-5-42-33(41)30-21(2)36-34-39(31(30)22-14-16-25(17-15-22)37(3)4)32(40)29(43-34)18-24-20-38(28-13-9-7-11-26(24)28)19-23-10-6-8-12-27(23)35/h6-18,20,31H,5,19H2,1-4H3/b29-18-. The summed E-state index contributed by atoms with van der Waals surface area (Å²) in [6, 6.07) is 21.7. The lowest BCUT2D eigenvalue weighted by Crippen LogP contribution is -2.39. The Morgan fingerprint density at radius 2 is 1.79 bits per heavy atom. The molecular weight excluding hydrogens is 563 g/mol. The number of rotatable bonds is 7. The van der Waals surface area contributed by atoms with Crippen molar-refractivity contribution >= 4 is 40.0 Å². The summed E-state index contributed by atoms with van der Waals surface area (Å²) in [7, 11) is 3.92. The van der Waals surface area contributed by atoms with Gasteiger partial charge in [0.25, 0.3) is 5.56 Å². The minimum Gasteiger partial charge on any atom is -0.463 e. The largest absolute Gasteiger partial charge is 0.463 e. The predicted molar refractivity (Wildman–Crippen MR) is 169 cm³/mol. The Balaban J connectivity index is 1.51. The lowest BCUT2D eigenvalue weighted by atomic mass is 9.95. The summed E-state index contributed by atoms with van der Waals surface area (Å²) in [6.07, 6.45) is 3.81. The highest BCUT2D eigenvalue weighted by atomic mass is 32.1. The summed E-state index contributed by atoms with van der Waals surface area (Å²) in [5.41, 5.74) is 4.77. The molecule has 0 fully saturated rings. The van der Waals surface area contributed by atoms with Gasteiger partial charge in [-0.3, -0.25) is 9.36 Å². The van der Waals surface area contributed by atoms with Crippen molar-refractivity contribution in [2.24, 2.45) is 4.99 Å². The van der Waals surface area contributed by atoms with Gasteiger partial charge in [0, 0.05) is 48.0 Å². The fraction of sp³-hybridized carbons (Fsp3) is 0.206. The normalized spacial score (nSPS) is 15.0. The third kappa shape index (κ3) is 5.21. The molecule has 1 atom stereocenters. The summed E-state index contributed by atoms with van der Waals surface area (Å²) >= 11 is 1.28. The molecule has 0 N–H and O–H groups in total. The maximum Gasteiger partial charge on any atom is 0.338 e. The van der Waals surface area contributed by atoms with E-state index in [1.54, 1.807) is 30.5 Å². The van der Waals surface area contributed by atoms with E-state index in [1.807, 2.05) is 90.4 Å². The van der Waals surface area contributed by atoms with Crippen LogP contribution in [0.2, 0.25) is 0 Å². The third-order valence-electron chi connectivity index (χ3n) is 7.65. The molecule has 0 bridgehead atoms. The smallest absolute Gasteiger partial charge is 0.338 e. The van der Waals surface area contributed by atoms with Crippen LogP contribution in [0.15, 0.2) is 100 Å². The lowest BCUT2D eigenvalue weighted by molar-refractivity contribution is -0.139. The van der Waals surface area contributed by atoms with Gasteiger partial charge < -0.3 is 14.2 Å². The van der Waals surface area contributed by atoms with Gasteiger partial charge in [0.15, 0.2) is 4.80 Å². The van der Waals surface area contributed by atoms with E-state index < -0.39 is 12.0 Å². The Morgan fingerprint density at radius 1 is 1.07 bits per heavy atom. The number of nitrogens with zero attached hydrogens (tertiary/aromatic N) is 4. The van der Waals surface area contributed by atoms with Gasteiger partial charge in [-0.05, 0) is 49.8 Å². The SMILES string of the molecule is CCOC(=O)C1=C(C)N=c2s/c(=C\c3cn(Cc4ccccc4F)c4ccccc34)c(=O)n2C1c1ccc(N(C)C)cc1. The zero-order chi connectivity index (χ0) is 30.2. The number of thiazole rings is 1. The van der Waals surface area contributed by atoms with Crippen LogP contribution < -0.4 is 19.8 Å². The van der Waals surface area contributed by atoms with E-state index in [2.05, 4.69) is 0 Å². The van der Waals surface area contributed by atoms with Gasteiger partial charge in [-0.1, -0.05) is 59.9 Å². The summed E-state index contributed by atoms with van der Waals surface area (Å²) < 4.78 is 24.0. The highest BCUT2D eigenvalue weighted by molar-refractivity contribution is 7.07. The number of allylic oxidation sites excluding steroid dienone is 1. The zero-order valence-electron chi connectivity index (χ0n) is 24.4. The first-order valence-electron chi connectivity index (χ1n) is 14.0. The van der Waals surface area contributed by atoms with Crippen molar-refractivity contribution in [3.63, 3.8) is 0 Å². The molecule has 3 aromatic carbocycles. The fourth-order valence-corrected chi connectivity index (χ4v) is 6.57. The molecule has 218 valence electrons. The minimum atomic E-state index is -0.684. The molecule has 1 aliphatic rings. The van der Waals surface area contributed by atoms with Crippen LogP contribution in [0.25, 0.3) is 17.0 Å². The van der Waals surface area contributed by atoms with Crippen molar-refractivity contribution < 1.29 is 13.9 Å². The van der Waals surface area contributed by atoms with Crippen LogP contribution >= 0.6 is 11.3 Å². The number of benzene rings is 3. The Bertz CT molecular complexity index is 2070. The summed E-state index contributed by atoms with van der Waals surface area (Å²) in [6.45, 7) is 4.10. The predicted octanol–water partition coefficient (Wildman–Crippen LogP) is 5.01. The van der Waals surface area contributed by atoms with Gasteiger partial charge in [-0.2, -0.15) is 0 Å². The molecule has 1 unspecified atom stereocenters. The molecule has 0 radical (unpaired) electrons. The van der Waals surface area contributed by atoms with Crippen LogP contribution in [0.4, 0.5) is 10.1 Å². The first-order chi connectivity index (χ1) is 20.8. The number of esters is 1. The molecule has 2 aromatic heterocycles. The second-order valence-electron chi connectivity index (χ2n) is 10.6. The van der Waals surface area contributed by atoms with Crippen LogP contribution in [0.5, 0.6) is 0 Å². The topological polar surface area (TPSA) is 68.8 Å². The monoisotopic (exact) mass is 594 g/mol. The molecule has 1 aliphatic heterocycles. The average Bonchev–Trinajstić information content (AvgIpc) is 3.50. The maximum atomic E-state index is 14.5. The van der Waals surface area contributed by atoms with E-state index in [-0.39, 0.29) is 18.0 Å². The number of para-hydroxylation sites is 1. The number of carbonyl (C=O) groups excluding carboxylic acids is 1. The maximum absolute atomic E-state index is 14.5. The average molecular weight is 595 g/mol.